The molecule has 0 aromatic heterocycles. The average Bonchev–Trinajstić information content (AvgIpc) is 2.49. The number of nitrogens with zero attached hydrogens (tertiary/aromatic N) is 2. The van der Waals surface area contributed by atoms with Crippen molar-refractivity contribution in [3.63, 3.8) is 0 Å². The van der Waals surface area contributed by atoms with E-state index < -0.39 is 15.7 Å². The van der Waals surface area contributed by atoms with Gasteiger partial charge in [0.25, 0.3) is 0 Å². The molecule has 1 N–H and O–H groups in total. The molecule has 0 aliphatic heterocycles. The zero-order chi connectivity index (χ0) is 17.2. The molecule has 0 spiro atoms. The quantitative estimate of drug-likeness (QED) is 0.590. The summed E-state index contributed by atoms with van der Waals surface area (Å²) in [5.41, 5.74) is 1.91. The Labute approximate surface area is 141 Å². The van der Waals surface area contributed by atoms with Gasteiger partial charge in [-0.3, -0.25) is 19.2 Å². The van der Waals surface area contributed by atoms with Gasteiger partial charge in [-0.25, -0.2) is 0 Å². The summed E-state index contributed by atoms with van der Waals surface area (Å²) < 4.78 is 26.6. The van der Waals surface area contributed by atoms with E-state index in [1.54, 1.807) is 7.05 Å². The summed E-state index contributed by atoms with van der Waals surface area (Å²) in [4.78, 5) is 25.5. The van der Waals surface area contributed by atoms with Crippen LogP contribution in [0.3, 0.4) is 0 Å². The van der Waals surface area contributed by atoms with Crippen molar-refractivity contribution in [3.8, 4) is 0 Å². The Morgan fingerprint density at radius 3 is 2.48 bits per heavy atom. The Bertz CT molecular complexity index is 664. The molecule has 7 nitrogen and oxygen atoms in total. The number of hydrogen-bond acceptors (Lipinski definition) is 7. The highest BCUT2D eigenvalue weighted by Crippen LogP contribution is 2.10. The third kappa shape index (κ3) is 7.40. The van der Waals surface area contributed by atoms with Crippen molar-refractivity contribution in [1.82, 2.24) is 9.62 Å². The number of rotatable bonds is 7. The minimum Gasteiger partial charge on any atom is -0.274 e. The fourth-order valence-electron chi connectivity index (χ4n) is 1.80. The molecule has 2 amide bonds. The van der Waals surface area contributed by atoms with Crippen molar-refractivity contribution < 1.29 is 18.0 Å². The van der Waals surface area contributed by atoms with Gasteiger partial charge in [-0.2, -0.15) is 12.8 Å². The van der Waals surface area contributed by atoms with Gasteiger partial charge in [0.15, 0.2) is 0 Å². The molecule has 1 aromatic carbocycles. The van der Waals surface area contributed by atoms with E-state index in [1.807, 2.05) is 31.2 Å². The third-order valence-electron chi connectivity index (χ3n) is 2.92. The summed E-state index contributed by atoms with van der Waals surface area (Å²) >= 11 is 0.809. The summed E-state index contributed by atoms with van der Waals surface area (Å²) in [5.74, 6) is -0.329. The van der Waals surface area contributed by atoms with Crippen molar-refractivity contribution in [2.24, 2.45) is 4.36 Å². The van der Waals surface area contributed by atoms with Crippen LogP contribution in [-0.2, 0) is 21.7 Å². The van der Waals surface area contributed by atoms with E-state index in [0.29, 0.717) is 6.42 Å². The predicted molar refractivity (Wildman–Crippen MR) is 89.5 cm³/mol. The smallest absolute Gasteiger partial charge is 0.274 e. The first-order valence-electron chi connectivity index (χ1n) is 6.94. The standard InChI is InChI=1S/C14H19N3O4S2/c1-11-4-6-12(7-5-11)10-13(18)17(14(19)22-15-2)9-3-8-16-23(20)21/h4-7,15H,3,8-10H2,1-2H3. The van der Waals surface area contributed by atoms with Gasteiger partial charge in [0, 0.05) is 18.5 Å². The minimum atomic E-state index is -2.47. The second kappa shape index (κ2) is 10.1. The monoisotopic (exact) mass is 357 g/mol. The maximum absolute atomic E-state index is 12.4. The fraction of sp³-hybridized carbons (Fsp3) is 0.429. The SMILES string of the molecule is CNSC(=O)N(CCCN=S(=O)=O)C(=O)Cc1ccc(C)cc1. The molecule has 126 valence electrons. The number of hydrogen-bond donors (Lipinski definition) is 1. The van der Waals surface area contributed by atoms with E-state index in [1.165, 1.54) is 0 Å². The highest BCUT2D eigenvalue weighted by Gasteiger charge is 2.21. The first kappa shape index (κ1) is 19.3. The summed E-state index contributed by atoms with van der Waals surface area (Å²) in [7, 11) is -0.885. The number of carbonyl (C=O) groups is 2. The van der Waals surface area contributed by atoms with Crippen LogP contribution in [-0.4, -0.2) is 44.6 Å². The lowest BCUT2D eigenvalue weighted by Gasteiger charge is -2.19. The third-order valence-corrected chi connectivity index (χ3v) is 3.92. The Morgan fingerprint density at radius 2 is 1.91 bits per heavy atom. The lowest BCUT2D eigenvalue weighted by atomic mass is 10.1. The van der Waals surface area contributed by atoms with Crippen LogP contribution in [0.15, 0.2) is 28.6 Å². The van der Waals surface area contributed by atoms with E-state index in [-0.39, 0.29) is 25.4 Å². The number of imide groups is 1. The van der Waals surface area contributed by atoms with Crippen molar-refractivity contribution in [3.05, 3.63) is 35.4 Å². The Hall–Kier alpha value is -1.71. The van der Waals surface area contributed by atoms with E-state index in [2.05, 4.69) is 9.08 Å². The number of aryl methyl sites for hydroxylation is 1. The largest absolute Gasteiger partial charge is 0.311 e. The summed E-state index contributed by atoms with van der Waals surface area (Å²) in [6.07, 6.45) is 0.407. The molecule has 0 saturated heterocycles. The number of amides is 2. The molecule has 0 bridgehead atoms. The Morgan fingerprint density at radius 1 is 1.26 bits per heavy atom. The van der Waals surface area contributed by atoms with Crippen LogP contribution in [0, 0.1) is 6.92 Å². The normalized spacial score (nSPS) is 10.2. The summed E-state index contributed by atoms with van der Waals surface area (Å²) in [5, 5.41) is -0.423. The maximum atomic E-state index is 12.4. The molecule has 0 aliphatic carbocycles. The molecular weight excluding hydrogens is 338 g/mol. The van der Waals surface area contributed by atoms with Gasteiger partial charge in [-0.05, 0) is 26.0 Å². The summed E-state index contributed by atoms with van der Waals surface area (Å²) in [6, 6.07) is 7.49. The van der Waals surface area contributed by atoms with Gasteiger partial charge < -0.3 is 0 Å². The van der Waals surface area contributed by atoms with E-state index in [9.17, 15) is 18.0 Å². The molecule has 0 fully saturated rings. The van der Waals surface area contributed by atoms with Gasteiger partial charge in [-0.15, -0.1) is 0 Å². The van der Waals surface area contributed by atoms with Crippen molar-refractivity contribution in [1.29, 1.82) is 0 Å². The topological polar surface area (TPSA) is 95.9 Å². The van der Waals surface area contributed by atoms with Crippen LogP contribution in [0.2, 0.25) is 0 Å². The highest BCUT2D eigenvalue weighted by molar-refractivity contribution is 8.11. The second-order valence-electron chi connectivity index (χ2n) is 4.70. The van der Waals surface area contributed by atoms with Crippen LogP contribution in [0.4, 0.5) is 4.79 Å². The highest BCUT2D eigenvalue weighted by atomic mass is 32.2. The van der Waals surface area contributed by atoms with Crippen LogP contribution in [0.1, 0.15) is 17.5 Å². The second-order valence-corrected chi connectivity index (χ2v) is 6.36. The van der Waals surface area contributed by atoms with Crippen LogP contribution in [0.25, 0.3) is 0 Å². The predicted octanol–water partition coefficient (Wildman–Crippen LogP) is 1.81. The van der Waals surface area contributed by atoms with Crippen LogP contribution < -0.4 is 4.72 Å². The van der Waals surface area contributed by atoms with Crippen LogP contribution in [0.5, 0.6) is 0 Å². The van der Waals surface area contributed by atoms with E-state index in [0.717, 1.165) is 28.0 Å². The minimum absolute atomic E-state index is 0.0436. The molecule has 1 aromatic rings. The number of carbonyl (C=O) groups excluding carboxylic acids is 2. The van der Waals surface area contributed by atoms with Crippen LogP contribution >= 0.6 is 11.9 Å². The van der Waals surface area contributed by atoms with Crippen molar-refractivity contribution >= 4 is 33.6 Å². The Balaban J connectivity index is 2.72. The average molecular weight is 357 g/mol. The van der Waals surface area contributed by atoms with Gasteiger partial charge >= 0.3 is 15.7 Å². The van der Waals surface area contributed by atoms with Crippen molar-refractivity contribution in [2.75, 3.05) is 20.1 Å². The zero-order valence-electron chi connectivity index (χ0n) is 13.0. The van der Waals surface area contributed by atoms with E-state index >= 15 is 0 Å². The first-order valence-corrected chi connectivity index (χ1v) is 8.79. The van der Waals surface area contributed by atoms with E-state index in [4.69, 9.17) is 0 Å². The lowest BCUT2D eigenvalue weighted by Crippen LogP contribution is -2.37. The molecule has 0 saturated carbocycles. The molecule has 0 heterocycles. The molecule has 1 rings (SSSR count). The molecule has 0 radical (unpaired) electrons. The molecule has 0 atom stereocenters. The molecule has 0 aliphatic rings. The molecule has 9 heteroatoms. The fourth-order valence-corrected chi connectivity index (χ4v) is 2.56. The van der Waals surface area contributed by atoms with Crippen molar-refractivity contribution in [2.45, 2.75) is 19.8 Å². The van der Waals surface area contributed by atoms with Gasteiger partial charge in [0.1, 0.15) is 0 Å². The zero-order valence-corrected chi connectivity index (χ0v) is 14.6. The number of nitrogens with one attached hydrogen (secondary N) is 1. The molecule has 23 heavy (non-hydrogen) atoms. The molecule has 0 unspecified atom stereocenters. The lowest BCUT2D eigenvalue weighted by molar-refractivity contribution is -0.127. The molecular formula is C14H19N3O4S2. The first-order chi connectivity index (χ1) is 10.9. The summed E-state index contributed by atoms with van der Waals surface area (Å²) in [6.45, 7) is 2.12. The Kier molecular flexibility index (Phi) is 8.52. The number of benzene rings is 1. The van der Waals surface area contributed by atoms with Gasteiger partial charge in [0.2, 0.25) is 5.91 Å². The van der Waals surface area contributed by atoms with Gasteiger partial charge in [0.05, 0.1) is 13.0 Å². The maximum Gasteiger partial charge on any atom is 0.311 e. The van der Waals surface area contributed by atoms with Gasteiger partial charge in [-0.1, -0.05) is 29.8 Å².